The third-order valence-electron chi connectivity index (χ3n) is 4.51. The zero-order chi connectivity index (χ0) is 20.2. The second-order valence-electron chi connectivity index (χ2n) is 7.01. The summed E-state index contributed by atoms with van der Waals surface area (Å²) < 4.78 is 26.8. The molecule has 0 radical (unpaired) electrons. The minimum absolute atomic E-state index is 0.0498. The average molecular weight is 397 g/mol. The first-order chi connectivity index (χ1) is 12.6. The van der Waals surface area contributed by atoms with Crippen molar-refractivity contribution < 1.29 is 18.0 Å². The highest BCUT2D eigenvalue weighted by atomic mass is 32.2. The van der Waals surface area contributed by atoms with Gasteiger partial charge in [-0.15, -0.1) is 0 Å². The number of hydrogen-bond acceptors (Lipinski definition) is 5. The number of piperazine rings is 1. The Morgan fingerprint density at radius 1 is 1.00 bits per heavy atom. The number of sulfonamides is 1. The fraction of sp³-hybridized carbons (Fsp3) is 0.556. The van der Waals surface area contributed by atoms with Crippen LogP contribution in [0.5, 0.6) is 0 Å². The summed E-state index contributed by atoms with van der Waals surface area (Å²) in [5.41, 5.74) is 0.540. The van der Waals surface area contributed by atoms with Crippen LogP contribution in [-0.2, 0) is 19.6 Å². The lowest BCUT2D eigenvalue weighted by Gasteiger charge is -2.37. The van der Waals surface area contributed by atoms with Gasteiger partial charge in [0.15, 0.2) is 0 Å². The Balaban J connectivity index is 1.95. The van der Waals surface area contributed by atoms with Crippen LogP contribution in [0.1, 0.15) is 27.7 Å². The largest absolute Gasteiger partial charge is 0.340 e. The predicted molar refractivity (Wildman–Crippen MR) is 104 cm³/mol. The fourth-order valence-electron chi connectivity index (χ4n) is 2.93. The van der Waals surface area contributed by atoms with Crippen molar-refractivity contribution in [2.45, 2.75) is 44.7 Å². The van der Waals surface area contributed by atoms with E-state index in [0.29, 0.717) is 31.9 Å². The van der Waals surface area contributed by atoms with E-state index >= 15 is 0 Å². The monoisotopic (exact) mass is 396 g/mol. The molecule has 9 heteroatoms. The van der Waals surface area contributed by atoms with Crippen molar-refractivity contribution in [1.29, 1.82) is 0 Å². The smallest absolute Gasteiger partial charge is 0.241 e. The zero-order valence-corrected chi connectivity index (χ0v) is 17.0. The highest BCUT2D eigenvalue weighted by Gasteiger charge is 2.26. The van der Waals surface area contributed by atoms with Gasteiger partial charge < -0.3 is 10.2 Å². The number of anilines is 1. The molecule has 0 aliphatic carbocycles. The molecule has 8 nitrogen and oxygen atoms in total. The molecule has 1 atom stereocenters. The molecule has 0 bridgehead atoms. The Bertz CT molecular complexity index is 769. The number of rotatable bonds is 6. The van der Waals surface area contributed by atoms with Crippen molar-refractivity contribution >= 4 is 27.5 Å². The predicted octanol–water partition coefficient (Wildman–Crippen LogP) is 0.864. The second-order valence-corrected chi connectivity index (χ2v) is 8.72. The van der Waals surface area contributed by atoms with Gasteiger partial charge in [0.2, 0.25) is 21.8 Å². The Morgan fingerprint density at radius 3 is 2.04 bits per heavy atom. The third-order valence-corrected chi connectivity index (χ3v) is 6.18. The maximum atomic E-state index is 12.5. The molecule has 2 amide bonds. The Labute approximate surface area is 161 Å². The summed E-state index contributed by atoms with van der Waals surface area (Å²) in [6.07, 6.45) is 0. The van der Waals surface area contributed by atoms with E-state index in [1.807, 2.05) is 11.8 Å². The van der Waals surface area contributed by atoms with Gasteiger partial charge in [0, 0.05) is 44.8 Å². The van der Waals surface area contributed by atoms with E-state index in [2.05, 4.69) is 10.0 Å². The van der Waals surface area contributed by atoms with Gasteiger partial charge in [-0.25, -0.2) is 13.1 Å². The van der Waals surface area contributed by atoms with E-state index in [1.54, 1.807) is 37.8 Å². The van der Waals surface area contributed by atoms with Crippen LogP contribution in [0.3, 0.4) is 0 Å². The minimum atomic E-state index is -3.55. The molecule has 1 aliphatic rings. The number of amides is 2. The maximum absolute atomic E-state index is 12.5. The lowest BCUT2D eigenvalue weighted by Crippen LogP contribution is -2.53. The molecule has 0 unspecified atom stereocenters. The number of hydrogen-bond donors (Lipinski definition) is 2. The molecule has 2 rings (SSSR count). The molecule has 1 fully saturated rings. The summed E-state index contributed by atoms with van der Waals surface area (Å²) in [6, 6.07) is 5.55. The van der Waals surface area contributed by atoms with Gasteiger partial charge in [-0.05, 0) is 45.0 Å². The lowest BCUT2D eigenvalue weighted by molar-refractivity contribution is -0.131. The van der Waals surface area contributed by atoms with Gasteiger partial charge in [0.05, 0.1) is 10.9 Å². The van der Waals surface area contributed by atoms with Crippen LogP contribution in [0.15, 0.2) is 29.2 Å². The number of carbonyl (C=O) groups excluding carboxylic acids is 2. The van der Waals surface area contributed by atoms with E-state index in [1.165, 1.54) is 12.1 Å². The first-order valence-electron chi connectivity index (χ1n) is 9.03. The first kappa shape index (κ1) is 21.3. The van der Waals surface area contributed by atoms with Crippen molar-refractivity contribution in [2.24, 2.45) is 0 Å². The highest BCUT2D eigenvalue weighted by molar-refractivity contribution is 7.89. The number of benzene rings is 1. The molecular formula is C18H28N4O4S. The van der Waals surface area contributed by atoms with E-state index < -0.39 is 10.0 Å². The molecule has 0 aromatic heterocycles. The van der Waals surface area contributed by atoms with Crippen LogP contribution in [0.4, 0.5) is 5.69 Å². The van der Waals surface area contributed by atoms with E-state index in [-0.39, 0.29) is 28.8 Å². The quantitative estimate of drug-likeness (QED) is 0.743. The number of carbonyl (C=O) groups is 2. The highest BCUT2D eigenvalue weighted by Crippen LogP contribution is 2.16. The van der Waals surface area contributed by atoms with Gasteiger partial charge in [-0.3, -0.25) is 14.5 Å². The SMILES string of the molecule is CC(=O)N1CCN([C@H](C)C(=O)Nc2ccc(S(=O)(=O)NC(C)C)cc2)CC1. The molecule has 2 N–H and O–H groups in total. The first-order valence-corrected chi connectivity index (χ1v) is 10.5. The second kappa shape index (κ2) is 8.81. The molecule has 1 heterocycles. The van der Waals surface area contributed by atoms with Gasteiger partial charge in [0.1, 0.15) is 0 Å². The van der Waals surface area contributed by atoms with Crippen LogP contribution < -0.4 is 10.0 Å². The van der Waals surface area contributed by atoms with Gasteiger partial charge in [0.25, 0.3) is 0 Å². The van der Waals surface area contributed by atoms with Crippen molar-refractivity contribution in [1.82, 2.24) is 14.5 Å². The Morgan fingerprint density at radius 2 is 1.56 bits per heavy atom. The molecule has 1 saturated heterocycles. The summed E-state index contributed by atoms with van der Waals surface area (Å²) in [6.45, 7) is 9.40. The van der Waals surface area contributed by atoms with Gasteiger partial charge >= 0.3 is 0 Å². The van der Waals surface area contributed by atoms with Crippen molar-refractivity contribution in [3.05, 3.63) is 24.3 Å². The van der Waals surface area contributed by atoms with Gasteiger partial charge in [-0.1, -0.05) is 0 Å². The molecular weight excluding hydrogens is 368 g/mol. The number of nitrogens with one attached hydrogen (secondary N) is 2. The third kappa shape index (κ3) is 5.75. The number of nitrogens with zero attached hydrogens (tertiary/aromatic N) is 2. The van der Waals surface area contributed by atoms with Crippen LogP contribution in [0, 0.1) is 0 Å². The van der Waals surface area contributed by atoms with Crippen LogP contribution in [-0.4, -0.2) is 68.3 Å². The standard InChI is InChI=1S/C18H28N4O4S/c1-13(2)20-27(25,26)17-7-5-16(6-8-17)19-18(24)14(3)21-9-11-22(12-10-21)15(4)23/h5-8,13-14,20H,9-12H2,1-4H3,(H,19,24)/t14-/m1/s1. The van der Waals surface area contributed by atoms with Crippen LogP contribution >= 0.6 is 0 Å². The average Bonchev–Trinajstić information content (AvgIpc) is 2.60. The molecule has 150 valence electrons. The van der Waals surface area contributed by atoms with Crippen molar-refractivity contribution in [3.8, 4) is 0 Å². The Kier molecular flexibility index (Phi) is 6.96. The van der Waals surface area contributed by atoms with E-state index in [9.17, 15) is 18.0 Å². The molecule has 0 spiro atoms. The molecule has 0 saturated carbocycles. The van der Waals surface area contributed by atoms with Crippen molar-refractivity contribution in [2.75, 3.05) is 31.5 Å². The minimum Gasteiger partial charge on any atom is -0.340 e. The van der Waals surface area contributed by atoms with E-state index in [0.717, 1.165) is 0 Å². The summed E-state index contributed by atoms with van der Waals surface area (Å²) >= 11 is 0. The topological polar surface area (TPSA) is 98.8 Å². The van der Waals surface area contributed by atoms with Crippen LogP contribution in [0.2, 0.25) is 0 Å². The Hall–Kier alpha value is -1.97. The van der Waals surface area contributed by atoms with Gasteiger partial charge in [-0.2, -0.15) is 0 Å². The zero-order valence-electron chi connectivity index (χ0n) is 16.2. The van der Waals surface area contributed by atoms with E-state index in [4.69, 9.17) is 0 Å². The summed E-state index contributed by atoms with van der Waals surface area (Å²) in [7, 11) is -3.55. The summed E-state index contributed by atoms with van der Waals surface area (Å²) in [4.78, 5) is 27.8. The summed E-state index contributed by atoms with van der Waals surface area (Å²) in [5, 5.41) is 2.82. The van der Waals surface area contributed by atoms with Crippen LogP contribution in [0.25, 0.3) is 0 Å². The molecule has 27 heavy (non-hydrogen) atoms. The maximum Gasteiger partial charge on any atom is 0.241 e. The summed E-state index contributed by atoms with van der Waals surface area (Å²) in [5.74, 6) is -0.115. The molecule has 1 aliphatic heterocycles. The normalized spacial score (nSPS) is 17.0. The van der Waals surface area contributed by atoms with Crippen molar-refractivity contribution in [3.63, 3.8) is 0 Å². The molecule has 1 aromatic rings. The lowest BCUT2D eigenvalue weighted by atomic mass is 10.2. The molecule has 1 aromatic carbocycles. The fourth-order valence-corrected chi connectivity index (χ4v) is 4.18.